The van der Waals surface area contributed by atoms with Gasteiger partial charge in [-0.05, 0) is 55.7 Å². The van der Waals surface area contributed by atoms with E-state index in [-0.39, 0.29) is 12.5 Å². The minimum absolute atomic E-state index is 0.137. The molecule has 0 heterocycles. The Labute approximate surface area is 193 Å². The molecule has 0 spiro atoms. The fraction of sp³-hybridized carbons (Fsp3) is 0.333. The van der Waals surface area contributed by atoms with Crippen LogP contribution < -0.4 is 20.7 Å². The van der Waals surface area contributed by atoms with Crippen molar-refractivity contribution >= 4 is 29.2 Å². The van der Waals surface area contributed by atoms with Crippen LogP contribution in [-0.4, -0.2) is 25.3 Å². The average Bonchev–Trinajstić information content (AvgIpc) is 2.79. The van der Waals surface area contributed by atoms with Crippen LogP contribution in [0.25, 0.3) is 4.85 Å². The normalized spacial score (nSPS) is 11.8. The molecule has 2 aromatic rings. The third-order valence-electron chi connectivity index (χ3n) is 4.94. The zero-order valence-electron chi connectivity index (χ0n) is 19.1. The first-order valence-corrected chi connectivity index (χ1v) is 10.4. The number of benzene rings is 2. The summed E-state index contributed by atoms with van der Waals surface area (Å²) in [6.45, 7) is 12.7. The molecule has 0 unspecified atom stereocenters. The van der Waals surface area contributed by atoms with Gasteiger partial charge in [0.2, 0.25) is 5.69 Å². The van der Waals surface area contributed by atoms with Crippen LogP contribution in [-0.2, 0) is 4.74 Å². The predicted octanol–water partition coefficient (Wildman–Crippen LogP) is 5.68. The highest BCUT2D eigenvalue weighted by atomic mass is 16.6. The van der Waals surface area contributed by atoms with Crippen LogP contribution in [0.2, 0.25) is 0 Å². The second-order valence-corrected chi connectivity index (χ2v) is 7.31. The summed E-state index contributed by atoms with van der Waals surface area (Å²) in [6, 6.07) is 11.3. The topological polar surface area (TPSA) is 117 Å². The summed E-state index contributed by atoms with van der Waals surface area (Å²) in [4.78, 5) is 28.0. The highest BCUT2D eigenvalue weighted by Gasteiger charge is 2.17. The molecule has 2 rings (SSSR count). The van der Waals surface area contributed by atoms with E-state index in [0.717, 1.165) is 11.1 Å². The van der Waals surface area contributed by atoms with Crippen LogP contribution in [0.15, 0.2) is 36.4 Å². The molecular weight excluding hydrogens is 422 g/mol. The molecule has 2 atom stereocenters. The molecule has 33 heavy (non-hydrogen) atoms. The fourth-order valence-electron chi connectivity index (χ4n) is 3.14. The fourth-order valence-corrected chi connectivity index (χ4v) is 3.14. The number of rotatable bonds is 8. The van der Waals surface area contributed by atoms with Crippen LogP contribution in [0, 0.1) is 24.8 Å². The quantitative estimate of drug-likeness (QED) is 0.448. The van der Waals surface area contributed by atoms with E-state index in [4.69, 9.17) is 21.3 Å². The molecule has 0 saturated heterocycles. The maximum atomic E-state index is 12.5. The summed E-state index contributed by atoms with van der Waals surface area (Å²) < 4.78 is 10.4. The summed E-state index contributed by atoms with van der Waals surface area (Å²) >= 11 is 0. The smallest absolute Gasteiger partial charge is 0.407 e. The average molecular weight is 450 g/mol. The summed E-state index contributed by atoms with van der Waals surface area (Å²) in [6.07, 6.45) is -0.368. The van der Waals surface area contributed by atoms with Crippen molar-refractivity contribution in [3.8, 4) is 11.8 Å². The van der Waals surface area contributed by atoms with Gasteiger partial charge in [-0.15, -0.1) is 0 Å². The third-order valence-corrected chi connectivity index (χ3v) is 4.94. The number of nitriles is 1. The Morgan fingerprint density at radius 2 is 1.85 bits per heavy atom. The molecule has 0 bridgehead atoms. The van der Waals surface area contributed by atoms with E-state index >= 15 is 0 Å². The number of hydrogen-bond donors (Lipinski definition) is 3. The molecule has 0 radical (unpaired) electrons. The monoisotopic (exact) mass is 449 g/mol. The summed E-state index contributed by atoms with van der Waals surface area (Å²) in [5.41, 5.74) is 3.10. The van der Waals surface area contributed by atoms with Gasteiger partial charge in [-0.1, -0.05) is 19.1 Å². The second-order valence-electron chi connectivity index (χ2n) is 7.31. The highest BCUT2D eigenvalue weighted by molar-refractivity contribution is 6.00. The lowest BCUT2D eigenvalue weighted by molar-refractivity contribution is 0.0950. The van der Waals surface area contributed by atoms with Crippen molar-refractivity contribution < 1.29 is 19.1 Å². The molecule has 2 aromatic carbocycles. The number of amides is 3. The van der Waals surface area contributed by atoms with Crippen molar-refractivity contribution in [3.05, 3.63) is 58.9 Å². The third kappa shape index (κ3) is 7.15. The van der Waals surface area contributed by atoms with Crippen molar-refractivity contribution in [2.45, 2.75) is 45.8 Å². The Kier molecular flexibility index (Phi) is 9.07. The van der Waals surface area contributed by atoms with Gasteiger partial charge >= 0.3 is 12.1 Å². The minimum Gasteiger partial charge on any atom is -0.508 e. The van der Waals surface area contributed by atoms with Gasteiger partial charge in [-0.2, -0.15) is 5.26 Å². The lowest BCUT2D eigenvalue weighted by Crippen LogP contribution is -2.31. The van der Waals surface area contributed by atoms with E-state index in [1.165, 1.54) is 7.11 Å². The molecule has 0 aliphatic rings. The predicted molar refractivity (Wildman–Crippen MR) is 125 cm³/mol. The van der Waals surface area contributed by atoms with E-state index < -0.39 is 18.2 Å². The number of aryl methyl sites for hydroxylation is 1. The van der Waals surface area contributed by atoms with E-state index in [1.54, 1.807) is 30.3 Å². The number of methoxy groups -OCH3 is 1. The zero-order valence-corrected chi connectivity index (χ0v) is 19.1. The van der Waals surface area contributed by atoms with Gasteiger partial charge in [-0.3, -0.25) is 0 Å². The Bertz CT molecular complexity index is 1090. The van der Waals surface area contributed by atoms with Gasteiger partial charge in [0, 0.05) is 11.4 Å². The molecule has 3 N–H and O–H groups in total. The van der Waals surface area contributed by atoms with Gasteiger partial charge in [-0.25, -0.2) is 14.4 Å². The molecule has 0 aliphatic carbocycles. The van der Waals surface area contributed by atoms with Gasteiger partial charge in [0.1, 0.15) is 11.9 Å². The van der Waals surface area contributed by atoms with Crippen LogP contribution in [0.3, 0.4) is 0 Å². The molecular formula is C24H27N5O4. The standard InChI is InChI=1S/C24H27N5O4/c1-6-19(11-12-25)33-24(31)27-16(3)20-13-17(8-7-15(20)2)28-23(30)29-18-9-10-21(26-4)22(14-18)32-5/h7-10,13-14,16,19H,6,11H2,1-3,5H3,(H,27,31)(H2,28,29,30)/t16-,19+/m0/s1. The summed E-state index contributed by atoms with van der Waals surface area (Å²) in [5, 5.41) is 17.0. The zero-order chi connectivity index (χ0) is 24.4. The Morgan fingerprint density at radius 3 is 2.45 bits per heavy atom. The molecule has 3 amide bonds. The van der Waals surface area contributed by atoms with Gasteiger partial charge < -0.3 is 25.4 Å². The van der Waals surface area contributed by atoms with Crippen molar-refractivity contribution in [3.63, 3.8) is 0 Å². The van der Waals surface area contributed by atoms with Crippen LogP contribution in [0.4, 0.5) is 26.7 Å². The van der Waals surface area contributed by atoms with Gasteiger partial charge in [0.15, 0.2) is 0 Å². The summed E-state index contributed by atoms with van der Waals surface area (Å²) in [5.74, 6) is 0.368. The lowest BCUT2D eigenvalue weighted by Gasteiger charge is -2.20. The molecule has 9 nitrogen and oxygen atoms in total. The van der Waals surface area contributed by atoms with Crippen molar-refractivity contribution in [1.82, 2.24) is 5.32 Å². The first kappa shape index (κ1) is 25.0. The van der Waals surface area contributed by atoms with E-state index in [2.05, 4.69) is 20.8 Å². The van der Waals surface area contributed by atoms with E-state index in [9.17, 15) is 9.59 Å². The molecule has 0 fully saturated rings. The van der Waals surface area contributed by atoms with Crippen LogP contribution >= 0.6 is 0 Å². The Balaban J connectivity index is 2.05. The Morgan fingerprint density at radius 1 is 1.18 bits per heavy atom. The number of urea groups is 1. The molecule has 0 aliphatic heterocycles. The van der Waals surface area contributed by atoms with Gasteiger partial charge in [0.25, 0.3) is 0 Å². The van der Waals surface area contributed by atoms with Crippen molar-refractivity contribution in [2.75, 3.05) is 17.7 Å². The maximum Gasteiger partial charge on any atom is 0.407 e. The number of alkyl carbamates (subject to hydrolysis) is 1. The molecule has 9 heteroatoms. The SMILES string of the molecule is [C-]#[N+]c1ccc(NC(=O)Nc2ccc(C)c([C@H](C)NC(=O)O[C@H](CC)CC#N)c2)cc1OC. The second kappa shape index (κ2) is 12.0. The first-order chi connectivity index (χ1) is 15.8. The molecule has 172 valence electrons. The van der Waals surface area contributed by atoms with E-state index in [1.807, 2.05) is 32.9 Å². The molecule has 0 saturated carbocycles. The van der Waals surface area contributed by atoms with Crippen molar-refractivity contribution in [2.24, 2.45) is 0 Å². The number of anilines is 2. The first-order valence-electron chi connectivity index (χ1n) is 10.4. The van der Waals surface area contributed by atoms with Gasteiger partial charge in [0.05, 0.1) is 32.2 Å². The maximum absolute atomic E-state index is 12.5. The highest BCUT2D eigenvalue weighted by Crippen LogP contribution is 2.30. The van der Waals surface area contributed by atoms with Crippen LogP contribution in [0.5, 0.6) is 5.75 Å². The van der Waals surface area contributed by atoms with Crippen LogP contribution in [0.1, 0.15) is 43.9 Å². The number of carbonyl (C=O) groups is 2. The van der Waals surface area contributed by atoms with Crippen molar-refractivity contribution in [1.29, 1.82) is 5.26 Å². The minimum atomic E-state index is -0.600. The molecule has 0 aromatic heterocycles. The lowest BCUT2D eigenvalue weighted by atomic mass is 10.0. The number of hydrogen-bond acceptors (Lipinski definition) is 5. The number of ether oxygens (including phenoxy) is 2. The largest absolute Gasteiger partial charge is 0.508 e. The summed E-state index contributed by atoms with van der Waals surface area (Å²) in [7, 11) is 1.46. The number of carbonyl (C=O) groups excluding carboxylic acids is 2. The van der Waals surface area contributed by atoms with E-state index in [0.29, 0.717) is 29.2 Å². The number of nitrogens with zero attached hydrogens (tertiary/aromatic N) is 2. The Hall–Kier alpha value is -4.24. The number of nitrogens with one attached hydrogen (secondary N) is 3.